The van der Waals surface area contributed by atoms with Crippen LogP contribution in [0.2, 0.25) is 0 Å². The van der Waals surface area contributed by atoms with Crippen molar-refractivity contribution < 1.29 is 4.79 Å². The van der Waals surface area contributed by atoms with Crippen molar-refractivity contribution in [1.82, 2.24) is 9.88 Å². The Kier molecular flexibility index (Phi) is 4.52. The normalized spacial score (nSPS) is 10.2. The third-order valence-electron chi connectivity index (χ3n) is 2.47. The van der Waals surface area contributed by atoms with Gasteiger partial charge in [0.15, 0.2) is 0 Å². The third-order valence-corrected chi connectivity index (χ3v) is 3.44. The van der Waals surface area contributed by atoms with Gasteiger partial charge in [0, 0.05) is 22.9 Å². The van der Waals surface area contributed by atoms with Gasteiger partial charge in [-0.15, -0.1) is 0 Å². The van der Waals surface area contributed by atoms with E-state index in [-0.39, 0.29) is 17.0 Å². The first-order valence-corrected chi connectivity index (χ1v) is 6.26. The first-order chi connectivity index (χ1) is 7.51. The fourth-order valence-electron chi connectivity index (χ4n) is 1.31. The number of carbonyl (C=O) groups is 1. The maximum Gasteiger partial charge on any atom is 0.261 e. The first-order valence-electron chi connectivity index (χ1n) is 5.18. The molecule has 0 fully saturated rings. The van der Waals surface area contributed by atoms with E-state index < -0.39 is 0 Å². The molecule has 0 bridgehead atoms. The maximum atomic E-state index is 11.9. The molecular formula is C11H15IN2O2. The van der Waals surface area contributed by atoms with Crippen LogP contribution in [0.3, 0.4) is 0 Å². The number of carbonyl (C=O) groups excluding carboxylic acids is 1. The molecule has 0 aliphatic carbocycles. The second-order valence-corrected chi connectivity index (χ2v) is 4.67. The molecule has 1 heterocycles. The fraction of sp³-hybridized carbons (Fsp3) is 0.455. The van der Waals surface area contributed by atoms with Crippen molar-refractivity contribution >= 4 is 28.5 Å². The molecule has 0 unspecified atom stereocenters. The molecule has 5 heteroatoms. The van der Waals surface area contributed by atoms with Gasteiger partial charge in [-0.2, -0.15) is 0 Å². The van der Waals surface area contributed by atoms with E-state index in [0.717, 1.165) is 15.7 Å². The number of halogens is 1. The Balaban J connectivity index is 3.21. The Bertz CT molecular complexity index is 454. The quantitative estimate of drug-likeness (QED) is 0.855. The van der Waals surface area contributed by atoms with Gasteiger partial charge >= 0.3 is 0 Å². The van der Waals surface area contributed by atoms with E-state index in [2.05, 4.69) is 27.6 Å². The van der Waals surface area contributed by atoms with E-state index in [0.29, 0.717) is 6.54 Å². The topological polar surface area (TPSA) is 53.2 Å². The van der Waals surface area contributed by atoms with Crippen molar-refractivity contribution in [2.75, 3.05) is 13.6 Å². The molecule has 0 saturated carbocycles. The van der Waals surface area contributed by atoms with Crippen LogP contribution in [0.1, 0.15) is 29.9 Å². The fourth-order valence-corrected chi connectivity index (χ4v) is 2.14. The Labute approximate surface area is 108 Å². The molecule has 1 aromatic heterocycles. The zero-order chi connectivity index (χ0) is 12.3. The number of pyridine rings is 1. The van der Waals surface area contributed by atoms with E-state index in [1.54, 1.807) is 13.1 Å². The minimum atomic E-state index is -0.303. The smallest absolute Gasteiger partial charge is 0.261 e. The largest absolute Gasteiger partial charge is 0.342 e. The number of hydrogen-bond acceptors (Lipinski definition) is 2. The van der Waals surface area contributed by atoms with Crippen LogP contribution in [-0.2, 0) is 6.42 Å². The van der Waals surface area contributed by atoms with Crippen LogP contribution >= 0.6 is 22.6 Å². The molecule has 4 nitrogen and oxygen atoms in total. The summed E-state index contributed by atoms with van der Waals surface area (Å²) in [5, 5.41) is 0. The maximum absolute atomic E-state index is 11.9. The van der Waals surface area contributed by atoms with Crippen molar-refractivity contribution in [2.24, 2.45) is 0 Å². The van der Waals surface area contributed by atoms with E-state index >= 15 is 0 Å². The zero-order valence-corrected chi connectivity index (χ0v) is 11.8. The summed E-state index contributed by atoms with van der Waals surface area (Å²) in [6, 6.07) is 1.66. The average Bonchev–Trinajstić information content (AvgIpc) is 2.29. The van der Waals surface area contributed by atoms with Crippen LogP contribution in [0, 0.1) is 3.57 Å². The number of rotatable bonds is 3. The lowest BCUT2D eigenvalue weighted by atomic mass is 10.2. The molecule has 0 aliphatic heterocycles. The first kappa shape index (κ1) is 13.2. The molecule has 0 aromatic carbocycles. The van der Waals surface area contributed by atoms with Gasteiger partial charge in [0.1, 0.15) is 5.56 Å². The summed E-state index contributed by atoms with van der Waals surface area (Å²) in [4.78, 5) is 27.8. The summed E-state index contributed by atoms with van der Waals surface area (Å²) in [6.07, 6.45) is 0.756. The standard InChI is InChI=1S/C11H15IN2O2/c1-4-9-8(12)6-7(10(15)13-9)11(16)14(3)5-2/h6H,4-5H2,1-3H3,(H,13,15). The number of nitrogens with one attached hydrogen (secondary N) is 1. The van der Waals surface area contributed by atoms with Crippen LogP contribution in [0.4, 0.5) is 0 Å². The van der Waals surface area contributed by atoms with Gasteiger partial charge < -0.3 is 9.88 Å². The number of hydrogen-bond donors (Lipinski definition) is 1. The highest BCUT2D eigenvalue weighted by atomic mass is 127. The van der Waals surface area contributed by atoms with Crippen molar-refractivity contribution in [3.63, 3.8) is 0 Å². The number of H-pyrrole nitrogens is 1. The Morgan fingerprint density at radius 3 is 2.62 bits per heavy atom. The van der Waals surface area contributed by atoms with Crippen molar-refractivity contribution in [3.05, 3.63) is 31.2 Å². The molecule has 1 rings (SSSR count). The van der Waals surface area contributed by atoms with Crippen LogP contribution < -0.4 is 5.56 Å². The summed E-state index contributed by atoms with van der Waals surface area (Å²) in [7, 11) is 1.68. The SMILES string of the molecule is CCc1[nH]c(=O)c(C(=O)N(C)CC)cc1I. The molecular weight excluding hydrogens is 319 g/mol. The van der Waals surface area contributed by atoms with E-state index in [4.69, 9.17) is 0 Å². The van der Waals surface area contributed by atoms with Gasteiger partial charge in [-0.25, -0.2) is 0 Å². The lowest BCUT2D eigenvalue weighted by molar-refractivity contribution is 0.0800. The van der Waals surface area contributed by atoms with Gasteiger partial charge in [0.25, 0.3) is 11.5 Å². The van der Waals surface area contributed by atoms with Crippen molar-refractivity contribution in [1.29, 1.82) is 0 Å². The molecule has 1 N–H and O–H groups in total. The summed E-state index contributed by atoms with van der Waals surface area (Å²) in [5.41, 5.74) is 0.787. The van der Waals surface area contributed by atoms with Gasteiger partial charge in [0.05, 0.1) is 0 Å². The Morgan fingerprint density at radius 2 is 2.12 bits per heavy atom. The van der Waals surface area contributed by atoms with Crippen LogP contribution in [-0.4, -0.2) is 29.4 Å². The molecule has 16 heavy (non-hydrogen) atoms. The minimum absolute atomic E-state index is 0.214. The average molecular weight is 334 g/mol. The predicted molar refractivity (Wildman–Crippen MR) is 71.8 cm³/mol. The van der Waals surface area contributed by atoms with Gasteiger partial charge in [0.2, 0.25) is 0 Å². The molecule has 88 valence electrons. The third kappa shape index (κ3) is 2.63. The Hall–Kier alpha value is -0.850. The highest BCUT2D eigenvalue weighted by Gasteiger charge is 2.15. The highest BCUT2D eigenvalue weighted by molar-refractivity contribution is 14.1. The van der Waals surface area contributed by atoms with E-state index in [1.165, 1.54) is 4.90 Å². The van der Waals surface area contributed by atoms with Gasteiger partial charge in [-0.1, -0.05) is 6.92 Å². The second kappa shape index (κ2) is 5.47. The van der Waals surface area contributed by atoms with Crippen LogP contribution in [0.5, 0.6) is 0 Å². The summed E-state index contributed by atoms with van der Waals surface area (Å²) in [6.45, 7) is 4.43. The number of amides is 1. The number of aryl methyl sites for hydroxylation is 1. The zero-order valence-electron chi connectivity index (χ0n) is 9.63. The molecule has 1 amide bonds. The van der Waals surface area contributed by atoms with Gasteiger partial charge in [-0.3, -0.25) is 9.59 Å². The monoisotopic (exact) mass is 334 g/mol. The lowest BCUT2D eigenvalue weighted by Crippen LogP contribution is -2.32. The van der Waals surface area contributed by atoms with Gasteiger partial charge in [-0.05, 0) is 42.0 Å². The predicted octanol–water partition coefficient (Wildman–Crippen LogP) is 1.63. The molecule has 0 atom stereocenters. The number of nitrogens with zero attached hydrogens (tertiary/aromatic N) is 1. The lowest BCUT2D eigenvalue weighted by Gasteiger charge is -2.14. The van der Waals surface area contributed by atoms with Crippen LogP contribution in [0.15, 0.2) is 10.9 Å². The molecule has 0 spiro atoms. The van der Waals surface area contributed by atoms with Crippen molar-refractivity contribution in [3.8, 4) is 0 Å². The summed E-state index contributed by atoms with van der Waals surface area (Å²) in [5.74, 6) is -0.232. The second-order valence-electron chi connectivity index (χ2n) is 3.51. The summed E-state index contributed by atoms with van der Waals surface area (Å²) >= 11 is 2.13. The molecule has 0 radical (unpaired) electrons. The van der Waals surface area contributed by atoms with Crippen molar-refractivity contribution in [2.45, 2.75) is 20.3 Å². The summed E-state index contributed by atoms with van der Waals surface area (Å²) < 4.78 is 0.924. The number of aromatic amines is 1. The van der Waals surface area contributed by atoms with E-state index in [1.807, 2.05) is 13.8 Å². The molecule has 1 aromatic rings. The number of aromatic nitrogens is 1. The highest BCUT2D eigenvalue weighted by Crippen LogP contribution is 2.10. The minimum Gasteiger partial charge on any atom is -0.342 e. The van der Waals surface area contributed by atoms with Crippen LogP contribution in [0.25, 0.3) is 0 Å². The molecule has 0 aliphatic rings. The van der Waals surface area contributed by atoms with E-state index in [9.17, 15) is 9.59 Å². The molecule has 0 saturated heterocycles. The Morgan fingerprint density at radius 1 is 1.50 bits per heavy atom.